The molecule has 1 fully saturated rings. The Kier molecular flexibility index (Phi) is 7.16. The molecule has 2 unspecified atom stereocenters. The summed E-state index contributed by atoms with van der Waals surface area (Å²) in [6, 6.07) is 5.54. The Morgan fingerprint density at radius 1 is 1.38 bits per heavy atom. The molecule has 3 rings (SSSR count). The van der Waals surface area contributed by atoms with Crippen LogP contribution in [0.4, 0.5) is 15.0 Å². The van der Waals surface area contributed by atoms with Crippen molar-refractivity contribution in [3.05, 3.63) is 57.5 Å². The lowest BCUT2D eigenvalue weighted by Crippen LogP contribution is -2.41. The molecule has 2 N–H and O–H groups in total. The normalized spacial score (nSPS) is 17.7. The summed E-state index contributed by atoms with van der Waals surface area (Å²) in [5.74, 6) is 0.308. The molecular formula is C20H23Cl2FN4O2. The Morgan fingerprint density at radius 2 is 2.17 bits per heavy atom. The van der Waals surface area contributed by atoms with Gasteiger partial charge >= 0.3 is 6.03 Å². The Balaban J connectivity index is 1.52. The number of halogens is 3. The molecule has 0 aliphatic carbocycles. The summed E-state index contributed by atoms with van der Waals surface area (Å²) in [6.45, 7) is 6.37. The van der Waals surface area contributed by atoms with Gasteiger partial charge < -0.3 is 20.3 Å². The molecule has 1 saturated heterocycles. The van der Waals surface area contributed by atoms with Gasteiger partial charge in [0.1, 0.15) is 11.6 Å². The molecule has 1 aromatic heterocycles. The maximum absolute atomic E-state index is 13.7. The highest BCUT2D eigenvalue weighted by atomic mass is 35.5. The minimum Gasteiger partial charge on any atom is -0.375 e. The highest BCUT2D eigenvalue weighted by molar-refractivity contribution is 6.35. The Hall–Kier alpha value is -2.09. The number of ether oxygens (including phenoxy) is 1. The van der Waals surface area contributed by atoms with Gasteiger partial charge in [-0.2, -0.15) is 0 Å². The average molecular weight is 441 g/mol. The van der Waals surface area contributed by atoms with Gasteiger partial charge in [-0.15, -0.1) is 0 Å². The first-order valence-corrected chi connectivity index (χ1v) is 10.1. The van der Waals surface area contributed by atoms with E-state index in [0.717, 1.165) is 24.5 Å². The lowest BCUT2D eigenvalue weighted by Gasteiger charge is -2.32. The van der Waals surface area contributed by atoms with Crippen molar-refractivity contribution in [2.45, 2.75) is 32.5 Å². The summed E-state index contributed by atoms with van der Waals surface area (Å²) in [5.41, 5.74) is 1.32. The zero-order chi connectivity index (χ0) is 21.0. The van der Waals surface area contributed by atoms with Crippen LogP contribution in [0.1, 0.15) is 31.0 Å². The third-order valence-corrected chi connectivity index (χ3v) is 5.30. The fraction of sp³-hybridized carbons (Fsp3) is 0.400. The van der Waals surface area contributed by atoms with Crippen molar-refractivity contribution in [1.29, 1.82) is 0 Å². The Labute approximate surface area is 179 Å². The number of nitrogens with zero attached hydrogens (tertiary/aromatic N) is 2. The smallest absolute Gasteiger partial charge is 0.315 e. The van der Waals surface area contributed by atoms with Gasteiger partial charge in [-0.1, -0.05) is 29.3 Å². The van der Waals surface area contributed by atoms with Crippen LogP contribution in [0.5, 0.6) is 0 Å². The van der Waals surface area contributed by atoms with Gasteiger partial charge in [-0.05, 0) is 43.2 Å². The second-order valence-corrected chi connectivity index (χ2v) is 7.80. The van der Waals surface area contributed by atoms with Crippen molar-refractivity contribution in [1.82, 2.24) is 15.6 Å². The molecule has 6 nitrogen and oxygen atoms in total. The van der Waals surface area contributed by atoms with E-state index in [9.17, 15) is 9.18 Å². The number of carbonyl (C=O) groups excluding carboxylic acids is 1. The van der Waals surface area contributed by atoms with Gasteiger partial charge in [0.05, 0.1) is 23.8 Å². The zero-order valence-corrected chi connectivity index (χ0v) is 17.7. The molecule has 1 aliphatic rings. The standard InChI is InChI=1S/C20H23Cl2FN4O2/c1-12-11-27(5-6-29-12)19-4-3-14(9-24-19)10-25-20(28)26-13(2)15-7-18(23)17(22)8-16(15)21/h3-4,7-9,12-13H,5-6,10-11H2,1-2H3,(H2,25,26,28). The molecule has 9 heteroatoms. The number of amides is 2. The van der Waals surface area contributed by atoms with Crippen molar-refractivity contribution in [2.75, 3.05) is 24.6 Å². The molecule has 0 bridgehead atoms. The lowest BCUT2D eigenvalue weighted by molar-refractivity contribution is 0.0529. The molecule has 0 spiro atoms. The number of urea groups is 1. The van der Waals surface area contributed by atoms with E-state index in [1.165, 1.54) is 12.1 Å². The molecule has 156 valence electrons. The number of pyridine rings is 1. The first-order valence-electron chi connectivity index (χ1n) is 9.33. The maximum atomic E-state index is 13.7. The number of carbonyl (C=O) groups is 1. The van der Waals surface area contributed by atoms with E-state index in [2.05, 4.69) is 20.5 Å². The van der Waals surface area contributed by atoms with E-state index < -0.39 is 17.9 Å². The van der Waals surface area contributed by atoms with Gasteiger partial charge in [0.15, 0.2) is 0 Å². The number of aromatic nitrogens is 1. The average Bonchev–Trinajstić information content (AvgIpc) is 2.69. The van der Waals surface area contributed by atoms with Crippen LogP contribution < -0.4 is 15.5 Å². The molecule has 2 atom stereocenters. The van der Waals surface area contributed by atoms with Crippen LogP contribution in [0.3, 0.4) is 0 Å². The number of morpholine rings is 1. The van der Waals surface area contributed by atoms with Gasteiger partial charge in [0.25, 0.3) is 0 Å². The van der Waals surface area contributed by atoms with Crippen molar-refractivity contribution < 1.29 is 13.9 Å². The molecule has 0 radical (unpaired) electrons. The van der Waals surface area contributed by atoms with Crippen molar-refractivity contribution in [3.63, 3.8) is 0 Å². The highest BCUT2D eigenvalue weighted by Gasteiger charge is 2.18. The highest BCUT2D eigenvalue weighted by Crippen LogP contribution is 2.28. The third-order valence-electron chi connectivity index (χ3n) is 4.68. The second-order valence-electron chi connectivity index (χ2n) is 6.99. The summed E-state index contributed by atoms with van der Waals surface area (Å²) >= 11 is 11.8. The summed E-state index contributed by atoms with van der Waals surface area (Å²) in [5, 5.41) is 5.74. The van der Waals surface area contributed by atoms with Crippen LogP contribution in [0.2, 0.25) is 10.0 Å². The molecule has 29 heavy (non-hydrogen) atoms. The molecule has 2 heterocycles. The number of benzene rings is 1. The number of hydrogen-bond acceptors (Lipinski definition) is 4. The third kappa shape index (κ3) is 5.72. The second kappa shape index (κ2) is 9.61. The Bertz CT molecular complexity index is 866. The fourth-order valence-electron chi connectivity index (χ4n) is 3.11. The van der Waals surface area contributed by atoms with E-state index in [1.54, 1.807) is 13.1 Å². The van der Waals surface area contributed by atoms with Crippen LogP contribution in [0.25, 0.3) is 0 Å². The van der Waals surface area contributed by atoms with E-state index in [-0.39, 0.29) is 11.1 Å². The number of nitrogens with one attached hydrogen (secondary N) is 2. The molecule has 0 saturated carbocycles. The number of hydrogen-bond donors (Lipinski definition) is 2. The van der Waals surface area contributed by atoms with Gasteiger partial charge in [-0.3, -0.25) is 0 Å². The zero-order valence-electron chi connectivity index (χ0n) is 16.2. The largest absolute Gasteiger partial charge is 0.375 e. The van der Waals surface area contributed by atoms with Crippen molar-refractivity contribution in [2.24, 2.45) is 0 Å². The summed E-state index contributed by atoms with van der Waals surface area (Å²) in [7, 11) is 0. The molecule has 1 aromatic carbocycles. The van der Waals surface area contributed by atoms with E-state index >= 15 is 0 Å². The van der Waals surface area contributed by atoms with Crippen LogP contribution in [-0.4, -0.2) is 36.8 Å². The predicted octanol–water partition coefficient (Wildman–Crippen LogP) is 4.31. The molecule has 1 aliphatic heterocycles. The molecule has 2 aromatic rings. The van der Waals surface area contributed by atoms with Crippen molar-refractivity contribution >= 4 is 35.1 Å². The van der Waals surface area contributed by atoms with Crippen molar-refractivity contribution in [3.8, 4) is 0 Å². The minimum atomic E-state index is -0.582. The van der Waals surface area contributed by atoms with Crippen LogP contribution in [0.15, 0.2) is 30.5 Å². The summed E-state index contributed by atoms with van der Waals surface area (Å²) in [4.78, 5) is 18.8. The summed E-state index contributed by atoms with van der Waals surface area (Å²) in [6.07, 6.45) is 1.92. The van der Waals surface area contributed by atoms with Gasteiger partial charge in [0, 0.05) is 30.9 Å². The summed E-state index contributed by atoms with van der Waals surface area (Å²) < 4.78 is 19.2. The van der Waals surface area contributed by atoms with E-state index in [1.807, 2.05) is 19.1 Å². The topological polar surface area (TPSA) is 66.5 Å². The minimum absolute atomic E-state index is 0.0575. The quantitative estimate of drug-likeness (QED) is 0.679. The first-order chi connectivity index (χ1) is 13.8. The molecular weight excluding hydrogens is 418 g/mol. The Morgan fingerprint density at radius 3 is 2.86 bits per heavy atom. The maximum Gasteiger partial charge on any atom is 0.315 e. The number of rotatable bonds is 5. The lowest BCUT2D eigenvalue weighted by atomic mass is 10.1. The van der Waals surface area contributed by atoms with Crippen LogP contribution >= 0.6 is 23.2 Å². The monoisotopic (exact) mass is 440 g/mol. The SMILES string of the molecule is CC1CN(c2ccc(CNC(=O)NC(C)c3cc(F)c(Cl)cc3Cl)cn2)CCO1. The van der Waals surface area contributed by atoms with E-state index in [0.29, 0.717) is 23.7 Å². The van der Waals surface area contributed by atoms with Crippen LogP contribution in [-0.2, 0) is 11.3 Å². The molecule has 2 amide bonds. The van der Waals surface area contributed by atoms with Gasteiger partial charge in [-0.25, -0.2) is 14.2 Å². The first kappa shape index (κ1) is 21.6. The number of anilines is 1. The predicted molar refractivity (Wildman–Crippen MR) is 112 cm³/mol. The van der Waals surface area contributed by atoms with Gasteiger partial charge in [0.2, 0.25) is 0 Å². The van der Waals surface area contributed by atoms with Crippen LogP contribution in [0, 0.1) is 5.82 Å². The van der Waals surface area contributed by atoms with E-state index in [4.69, 9.17) is 27.9 Å². The fourth-order valence-corrected chi connectivity index (χ4v) is 3.66.